The van der Waals surface area contributed by atoms with Gasteiger partial charge in [-0.3, -0.25) is 14.4 Å². The van der Waals surface area contributed by atoms with Gasteiger partial charge in [-0.2, -0.15) is 0 Å². The summed E-state index contributed by atoms with van der Waals surface area (Å²) in [6.45, 7) is 10.6. The standard InChI is InChI=1S/C31H36N2O7/c1-30(2,3)23(24(28(36)37)31(4,5)6)25(29(38)39)33-26(34)20-11-9-18(10-12-20)19-13-15-21(16-14-19)32-27(35)22-8-7-17-40-22/h7-17,23-25H,1-6H3,(H,32,35)(H,33,34)(H,36,37)(H,38,39). The average molecular weight is 549 g/mol. The van der Waals surface area contributed by atoms with Crippen LogP contribution in [0.25, 0.3) is 11.1 Å². The third kappa shape index (κ3) is 7.16. The van der Waals surface area contributed by atoms with Crippen molar-refractivity contribution in [1.82, 2.24) is 5.32 Å². The first-order chi connectivity index (χ1) is 18.6. The summed E-state index contributed by atoms with van der Waals surface area (Å²) >= 11 is 0. The summed E-state index contributed by atoms with van der Waals surface area (Å²) < 4.78 is 5.09. The fraction of sp³-hybridized carbons (Fsp3) is 0.355. The summed E-state index contributed by atoms with van der Waals surface area (Å²) in [5.74, 6) is -5.08. The molecule has 9 nitrogen and oxygen atoms in total. The van der Waals surface area contributed by atoms with Crippen molar-refractivity contribution in [3.05, 3.63) is 78.3 Å². The van der Waals surface area contributed by atoms with Gasteiger partial charge in [0, 0.05) is 17.2 Å². The van der Waals surface area contributed by atoms with Gasteiger partial charge in [0.2, 0.25) is 0 Å². The van der Waals surface area contributed by atoms with E-state index in [0.717, 1.165) is 11.1 Å². The Morgan fingerprint density at radius 1 is 0.725 bits per heavy atom. The van der Waals surface area contributed by atoms with Crippen LogP contribution in [0.2, 0.25) is 0 Å². The second-order valence-electron chi connectivity index (χ2n) is 11.9. The Morgan fingerprint density at radius 2 is 1.27 bits per heavy atom. The molecule has 1 heterocycles. The van der Waals surface area contributed by atoms with E-state index in [9.17, 15) is 29.4 Å². The quantitative estimate of drug-likeness (QED) is 0.265. The van der Waals surface area contributed by atoms with Gasteiger partial charge in [0.1, 0.15) is 6.04 Å². The average Bonchev–Trinajstić information content (AvgIpc) is 3.40. The van der Waals surface area contributed by atoms with Crippen molar-refractivity contribution < 1.29 is 33.8 Å². The van der Waals surface area contributed by atoms with Crippen molar-refractivity contribution in [3.8, 4) is 11.1 Å². The second-order valence-corrected chi connectivity index (χ2v) is 11.9. The number of carboxylic acids is 2. The number of benzene rings is 2. The molecule has 40 heavy (non-hydrogen) atoms. The zero-order valence-electron chi connectivity index (χ0n) is 23.5. The lowest BCUT2D eigenvalue weighted by Crippen LogP contribution is -2.56. The Kier molecular flexibility index (Phi) is 8.87. The van der Waals surface area contributed by atoms with E-state index < -0.39 is 46.6 Å². The Hall–Kier alpha value is -4.40. The summed E-state index contributed by atoms with van der Waals surface area (Å²) in [5, 5.41) is 25.5. The van der Waals surface area contributed by atoms with Gasteiger partial charge in [0.15, 0.2) is 5.76 Å². The van der Waals surface area contributed by atoms with E-state index in [-0.39, 0.29) is 17.2 Å². The predicted molar refractivity (Wildman–Crippen MR) is 151 cm³/mol. The van der Waals surface area contributed by atoms with Crippen LogP contribution >= 0.6 is 0 Å². The molecule has 0 aliphatic rings. The number of nitrogens with one attached hydrogen (secondary N) is 2. The SMILES string of the molecule is CC(C)(C)C(C(=O)O)C(C(NC(=O)c1ccc(-c2ccc(NC(=O)c3ccco3)cc2)cc1)C(=O)O)C(C)(C)C. The third-order valence-corrected chi connectivity index (χ3v) is 6.84. The number of carbonyl (C=O) groups excluding carboxylic acids is 2. The number of carboxylic acid groups (broad SMARTS) is 2. The highest BCUT2D eigenvalue weighted by molar-refractivity contribution is 6.02. The van der Waals surface area contributed by atoms with E-state index in [4.69, 9.17) is 4.42 Å². The number of rotatable bonds is 9. The molecule has 2 aromatic carbocycles. The zero-order chi connectivity index (χ0) is 29.8. The summed E-state index contributed by atoms with van der Waals surface area (Å²) in [6.07, 6.45) is 1.42. The molecule has 1 aromatic heterocycles. The lowest BCUT2D eigenvalue weighted by atomic mass is 9.61. The van der Waals surface area contributed by atoms with Crippen molar-refractivity contribution in [2.45, 2.75) is 47.6 Å². The summed E-state index contributed by atoms with van der Waals surface area (Å²) in [5.41, 5.74) is 0.994. The van der Waals surface area contributed by atoms with E-state index in [2.05, 4.69) is 10.6 Å². The lowest BCUT2D eigenvalue weighted by molar-refractivity contribution is -0.155. The molecule has 0 spiro atoms. The zero-order valence-corrected chi connectivity index (χ0v) is 23.5. The van der Waals surface area contributed by atoms with Gasteiger partial charge in [0.25, 0.3) is 11.8 Å². The molecule has 9 heteroatoms. The maximum atomic E-state index is 13.2. The molecule has 3 atom stereocenters. The fourth-order valence-electron chi connectivity index (χ4n) is 4.95. The van der Waals surface area contributed by atoms with Gasteiger partial charge in [-0.15, -0.1) is 0 Å². The fourth-order valence-corrected chi connectivity index (χ4v) is 4.95. The van der Waals surface area contributed by atoms with Gasteiger partial charge in [0.05, 0.1) is 12.2 Å². The molecule has 3 rings (SSSR count). The van der Waals surface area contributed by atoms with Crippen molar-refractivity contribution in [2.75, 3.05) is 5.32 Å². The molecule has 0 radical (unpaired) electrons. The van der Waals surface area contributed by atoms with E-state index in [0.29, 0.717) is 5.69 Å². The van der Waals surface area contributed by atoms with Crippen molar-refractivity contribution in [2.24, 2.45) is 22.7 Å². The molecule has 212 valence electrons. The van der Waals surface area contributed by atoms with Crippen LogP contribution in [-0.2, 0) is 9.59 Å². The number of hydrogen-bond donors (Lipinski definition) is 4. The largest absolute Gasteiger partial charge is 0.481 e. The number of carbonyl (C=O) groups is 4. The summed E-state index contributed by atoms with van der Waals surface area (Å²) in [6, 6.07) is 15.5. The Balaban J connectivity index is 1.78. The van der Waals surface area contributed by atoms with Crippen LogP contribution in [0.3, 0.4) is 0 Å². The third-order valence-electron chi connectivity index (χ3n) is 6.84. The van der Waals surface area contributed by atoms with E-state index in [1.165, 1.54) is 6.26 Å². The molecule has 0 saturated heterocycles. The number of amides is 2. The minimum absolute atomic E-state index is 0.203. The number of hydrogen-bond acceptors (Lipinski definition) is 5. The molecular formula is C31H36N2O7. The highest BCUT2D eigenvalue weighted by atomic mass is 16.4. The smallest absolute Gasteiger partial charge is 0.326 e. The second kappa shape index (κ2) is 11.8. The van der Waals surface area contributed by atoms with Crippen LogP contribution in [0.15, 0.2) is 71.3 Å². The monoisotopic (exact) mass is 548 g/mol. The molecule has 0 aliphatic heterocycles. The van der Waals surface area contributed by atoms with Gasteiger partial charge in [-0.1, -0.05) is 65.8 Å². The van der Waals surface area contributed by atoms with Gasteiger partial charge in [-0.25, -0.2) is 4.79 Å². The first-order valence-electron chi connectivity index (χ1n) is 12.9. The van der Waals surface area contributed by atoms with Crippen LogP contribution in [0.5, 0.6) is 0 Å². The molecule has 3 unspecified atom stereocenters. The number of furan rings is 1. The normalized spacial score (nSPS) is 14.1. The molecular weight excluding hydrogens is 512 g/mol. The minimum Gasteiger partial charge on any atom is -0.481 e. The van der Waals surface area contributed by atoms with Crippen LogP contribution in [0.1, 0.15) is 62.5 Å². The lowest BCUT2D eigenvalue weighted by Gasteiger charge is -2.44. The Labute approximate surface area is 233 Å². The maximum Gasteiger partial charge on any atom is 0.326 e. The first-order valence-corrected chi connectivity index (χ1v) is 12.9. The molecule has 0 saturated carbocycles. The van der Waals surface area contributed by atoms with E-state index in [1.54, 1.807) is 90.1 Å². The number of aliphatic carboxylic acids is 2. The van der Waals surface area contributed by atoms with Crippen LogP contribution in [0.4, 0.5) is 5.69 Å². The highest BCUT2D eigenvalue weighted by Gasteiger charge is 2.50. The molecule has 4 N–H and O–H groups in total. The number of anilines is 1. The van der Waals surface area contributed by atoms with Crippen LogP contribution < -0.4 is 10.6 Å². The van der Waals surface area contributed by atoms with Crippen molar-refractivity contribution >= 4 is 29.4 Å². The Bertz CT molecular complexity index is 1350. The maximum absolute atomic E-state index is 13.2. The molecule has 3 aromatic rings. The van der Waals surface area contributed by atoms with E-state index in [1.807, 2.05) is 12.1 Å². The van der Waals surface area contributed by atoms with Crippen LogP contribution in [-0.4, -0.2) is 40.0 Å². The molecule has 0 fully saturated rings. The molecule has 2 amide bonds. The van der Waals surface area contributed by atoms with Crippen molar-refractivity contribution in [1.29, 1.82) is 0 Å². The molecule has 0 aliphatic carbocycles. The van der Waals surface area contributed by atoms with E-state index >= 15 is 0 Å². The predicted octanol–water partition coefficient (Wildman–Crippen LogP) is 5.79. The first kappa shape index (κ1) is 30.1. The Morgan fingerprint density at radius 3 is 1.70 bits per heavy atom. The highest BCUT2D eigenvalue weighted by Crippen LogP contribution is 2.43. The van der Waals surface area contributed by atoms with Gasteiger partial charge >= 0.3 is 11.9 Å². The van der Waals surface area contributed by atoms with Crippen LogP contribution in [0, 0.1) is 22.7 Å². The van der Waals surface area contributed by atoms with Crippen molar-refractivity contribution in [3.63, 3.8) is 0 Å². The molecule has 0 bridgehead atoms. The summed E-state index contributed by atoms with van der Waals surface area (Å²) in [7, 11) is 0. The summed E-state index contributed by atoms with van der Waals surface area (Å²) in [4.78, 5) is 50.0. The van der Waals surface area contributed by atoms with Gasteiger partial charge in [-0.05, 0) is 58.4 Å². The van der Waals surface area contributed by atoms with Gasteiger partial charge < -0.3 is 25.3 Å². The minimum atomic E-state index is -1.42. The topological polar surface area (TPSA) is 146 Å².